The highest BCUT2D eigenvalue weighted by molar-refractivity contribution is 6.19. The lowest BCUT2D eigenvalue weighted by Gasteiger charge is -2.09. The zero-order valence-electron chi connectivity index (χ0n) is 11.7. The number of nitrogens with two attached hydrogens (primary N) is 1. The number of hydrogen-bond acceptors (Lipinski definition) is 3. The van der Waals surface area contributed by atoms with Crippen LogP contribution in [0.25, 0.3) is 16.7 Å². The summed E-state index contributed by atoms with van der Waals surface area (Å²) in [7, 11) is 0. The molecule has 0 saturated carbocycles. The Kier molecular flexibility index (Phi) is 3.28. The summed E-state index contributed by atoms with van der Waals surface area (Å²) < 4.78 is 0. The van der Waals surface area contributed by atoms with Gasteiger partial charge < -0.3 is 10.7 Å². The van der Waals surface area contributed by atoms with Crippen LogP contribution in [-0.4, -0.2) is 15.7 Å². The third-order valence-corrected chi connectivity index (χ3v) is 3.58. The fourth-order valence-corrected chi connectivity index (χ4v) is 2.33. The summed E-state index contributed by atoms with van der Waals surface area (Å²) in [5.41, 5.74) is 10.5. The van der Waals surface area contributed by atoms with Crippen LogP contribution in [0.3, 0.4) is 0 Å². The molecule has 4 nitrogen and oxygen atoms in total. The maximum atomic E-state index is 8.43. The van der Waals surface area contributed by atoms with Crippen LogP contribution in [0.4, 0.5) is 0 Å². The Bertz CT molecular complexity index is 828. The van der Waals surface area contributed by atoms with Crippen molar-refractivity contribution in [3.63, 3.8) is 0 Å². The SMILES string of the molecule is C/C(C(=N)c1c[nH]c2ncccc12)=C(/N)c1ccccc1. The molecule has 0 amide bonds. The molecule has 21 heavy (non-hydrogen) atoms. The van der Waals surface area contributed by atoms with E-state index in [1.165, 1.54) is 0 Å². The van der Waals surface area contributed by atoms with Gasteiger partial charge in [-0.25, -0.2) is 4.98 Å². The van der Waals surface area contributed by atoms with Crippen molar-refractivity contribution in [3.8, 4) is 0 Å². The number of nitrogens with one attached hydrogen (secondary N) is 2. The molecule has 0 aliphatic carbocycles. The largest absolute Gasteiger partial charge is 0.398 e. The molecule has 2 heterocycles. The fourth-order valence-electron chi connectivity index (χ4n) is 2.33. The Hall–Kier alpha value is -2.88. The number of nitrogens with zero attached hydrogens (tertiary/aromatic N) is 1. The molecule has 0 aliphatic heterocycles. The second-order valence-electron chi connectivity index (χ2n) is 4.88. The first-order valence-corrected chi connectivity index (χ1v) is 6.71. The number of rotatable bonds is 3. The van der Waals surface area contributed by atoms with Crippen LogP contribution in [0, 0.1) is 5.41 Å². The van der Waals surface area contributed by atoms with Gasteiger partial charge in [0.25, 0.3) is 0 Å². The highest BCUT2D eigenvalue weighted by Gasteiger charge is 2.13. The molecule has 1 aromatic carbocycles. The summed E-state index contributed by atoms with van der Waals surface area (Å²) in [4.78, 5) is 7.33. The minimum atomic E-state index is 0.413. The first kappa shape index (κ1) is 13.1. The number of allylic oxidation sites excluding steroid dienone is 1. The molecule has 4 N–H and O–H groups in total. The third-order valence-electron chi connectivity index (χ3n) is 3.58. The van der Waals surface area contributed by atoms with E-state index in [0.29, 0.717) is 11.4 Å². The number of fused-ring (bicyclic) bond motifs is 1. The van der Waals surface area contributed by atoms with Crippen LogP contribution in [0.2, 0.25) is 0 Å². The molecular formula is C17H16N4. The van der Waals surface area contributed by atoms with E-state index >= 15 is 0 Å². The summed E-state index contributed by atoms with van der Waals surface area (Å²) >= 11 is 0. The van der Waals surface area contributed by atoms with Crippen molar-refractivity contribution in [1.82, 2.24) is 9.97 Å². The van der Waals surface area contributed by atoms with Crippen LogP contribution in [0.1, 0.15) is 18.1 Å². The molecule has 4 heteroatoms. The second-order valence-corrected chi connectivity index (χ2v) is 4.88. The van der Waals surface area contributed by atoms with Gasteiger partial charge in [-0.2, -0.15) is 0 Å². The van der Waals surface area contributed by atoms with E-state index in [1.54, 1.807) is 6.20 Å². The van der Waals surface area contributed by atoms with Crippen molar-refractivity contribution < 1.29 is 0 Å². The lowest BCUT2D eigenvalue weighted by Crippen LogP contribution is -2.08. The zero-order valence-corrected chi connectivity index (χ0v) is 11.7. The quantitative estimate of drug-likeness (QED) is 0.642. The standard InChI is InChI=1S/C17H16N4/c1-11(15(18)12-6-3-2-4-7-12)16(19)14-10-21-17-13(14)8-5-9-20-17/h2-10,19H,18H2,1H3,(H,20,21)/b15-11-,19-16?. The Morgan fingerprint density at radius 2 is 1.90 bits per heavy atom. The van der Waals surface area contributed by atoms with E-state index in [4.69, 9.17) is 11.1 Å². The average molecular weight is 276 g/mol. The van der Waals surface area contributed by atoms with E-state index in [9.17, 15) is 0 Å². The summed E-state index contributed by atoms with van der Waals surface area (Å²) in [6.45, 7) is 1.87. The van der Waals surface area contributed by atoms with Gasteiger partial charge in [0.05, 0.1) is 5.71 Å². The molecule has 2 aromatic heterocycles. The Morgan fingerprint density at radius 1 is 1.14 bits per heavy atom. The van der Waals surface area contributed by atoms with Gasteiger partial charge in [0.1, 0.15) is 5.65 Å². The molecule has 0 atom stereocenters. The molecule has 0 aliphatic rings. The number of benzene rings is 1. The zero-order chi connectivity index (χ0) is 14.8. The topological polar surface area (TPSA) is 78.5 Å². The van der Waals surface area contributed by atoms with Crippen LogP contribution >= 0.6 is 0 Å². The molecule has 3 aromatic rings. The predicted molar refractivity (Wildman–Crippen MR) is 86.1 cm³/mol. The fraction of sp³-hybridized carbons (Fsp3) is 0.0588. The lowest BCUT2D eigenvalue weighted by molar-refractivity contribution is 1.32. The summed E-state index contributed by atoms with van der Waals surface area (Å²) in [5.74, 6) is 0. The maximum Gasteiger partial charge on any atom is 0.137 e. The maximum absolute atomic E-state index is 8.43. The number of hydrogen-bond donors (Lipinski definition) is 3. The highest BCUT2D eigenvalue weighted by atomic mass is 14.8. The van der Waals surface area contributed by atoms with Crippen LogP contribution < -0.4 is 5.73 Å². The summed E-state index contributed by atoms with van der Waals surface area (Å²) in [6, 6.07) is 13.5. The van der Waals surface area contributed by atoms with Crippen molar-refractivity contribution >= 4 is 22.4 Å². The third kappa shape index (κ3) is 2.31. The minimum Gasteiger partial charge on any atom is -0.398 e. The Balaban J connectivity index is 2.06. The lowest BCUT2D eigenvalue weighted by atomic mass is 9.99. The van der Waals surface area contributed by atoms with Gasteiger partial charge in [0, 0.05) is 29.0 Å². The van der Waals surface area contributed by atoms with E-state index in [1.807, 2.05) is 55.6 Å². The van der Waals surface area contributed by atoms with Crippen molar-refractivity contribution in [3.05, 3.63) is 71.6 Å². The molecule has 0 fully saturated rings. The minimum absolute atomic E-state index is 0.413. The Morgan fingerprint density at radius 3 is 2.67 bits per heavy atom. The van der Waals surface area contributed by atoms with E-state index < -0.39 is 0 Å². The van der Waals surface area contributed by atoms with Gasteiger partial charge in [-0.05, 0) is 30.2 Å². The molecule has 104 valence electrons. The van der Waals surface area contributed by atoms with Crippen molar-refractivity contribution in [1.29, 1.82) is 5.41 Å². The molecule has 0 radical (unpaired) electrons. The van der Waals surface area contributed by atoms with Crippen molar-refractivity contribution in [2.45, 2.75) is 6.92 Å². The predicted octanol–water partition coefficient (Wildman–Crippen LogP) is 3.32. The smallest absolute Gasteiger partial charge is 0.137 e. The van der Waals surface area contributed by atoms with Gasteiger partial charge in [0.2, 0.25) is 0 Å². The second kappa shape index (κ2) is 5.25. The highest BCUT2D eigenvalue weighted by Crippen LogP contribution is 2.22. The average Bonchev–Trinajstić information content (AvgIpc) is 2.97. The number of pyridine rings is 1. The molecule has 3 rings (SSSR count). The number of H-pyrrole nitrogens is 1. The van der Waals surface area contributed by atoms with Gasteiger partial charge in [-0.3, -0.25) is 5.41 Å². The number of aromatic amines is 1. The molecule has 0 saturated heterocycles. The van der Waals surface area contributed by atoms with Crippen LogP contribution in [0.5, 0.6) is 0 Å². The monoisotopic (exact) mass is 276 g/mol. The first-order valence-electron chi connectivity index (χ1n) is 6.71. The summed E-state index contributed by atoms with van der Waals surface area (Å²) in [6.07, 6.45) is 3.54. The van der Waals surface area contributed by atoms with Gasteiger partial charge >= 0.3 is 0 Å². The van der Waals surface area contributed by atoms with Crippen LogP contribution in [0.15, 0.2) is 60.4 Å². The van der Waals surface area contributed by atoms with E-state index in [0.717, 1.165) is 27.7 Å². The van der Waals surface area contributed by atoms with Gasteiger partial charge in [-0.1, -0.05) is 30.3 Å². The van der Waals surface area contributed by atoms with Gasteiger partial charge in [0.15, 0.2) is 0 Å². The van der Waals surface area contributed by atoms with E-state index in [2.05, 4.69) is 9.97 Å². The van der Waals surface area contributed by atoms with E-state index in [-0.39, 0.29) is 0 Å². The van der Waals surface area contributed by atoms with Crippen LogP contribution in [-0.2, 0) is 0 Å². The first-order chi connectivity index (χ1) is 10.2. The number of aromatic nitrogens is 2. The molecule has 0 spiro atoms. The normalized spacial score (nSPS) is 12.2. The van der Waals surface area contributed by atoms with Gasteiger partial charge in [-0.15, -0.1) is 0 Å². The molecular weight excluding hydrogens is 260 g/mol. The Labute approximate surface area is 122 Å². The van der Waals surface area contributed by atoms with Crippen molar-refractivity contribution in [2.24, 2.45) is 5.73 Å². The molecule has 0 unspecified atom stereocenters. The summed E-state index contributed by atoms with van der Waals surface area (Å²) in [5, 5.41) is 9.36. The molecule has 0 bridgehead atoms. The van der Waals surface area contributed by atoms with Crippen molar-refractivity contribution in [2.75, 3.05) is 0 Å².